The molecule has 0 saturated carbocycles. The molecule has 29 heavy (non-hydrogen) atoms. The zero-order valence-electron chi connectivity index (χ0n) is 17.7. The summed E-state index contributed by atoms with van der Waals surface area (Å²) < 4.78 is 25.9. The lowest BCUT2D eigenvalue weighted by Gasteiger charge is -2.46. The molecule has 1 atom stereocenters. The van der Waals surface area contributed by atoms with Crippen LogP contribution in [0.15, 0.2) is 65.7 Å². The van der Waals surface area contributed by atoms with Crippen LogP contribution in [0.5, 0.6) is 0 Å². The molecule has 0 aliphatic carbocycles. The van der Waals surface area contributed by atoms with Crippen molar-refractivity contribution in [1.82, 2.24) is 4.90 Å². The molecule has 0 spiro atoms. The minimum Gasteiger partial charge on any atom is -0.354 e. The van der Waals surface area contributed by atoms with Gasteiger partial charge in [-0.2, -0.15) is 0 Å². The molecule has 1 heterocycles. The van der Waals surface area contributed by atoms with Crippen molar-refractivity contribution < 1.29 is 13.6 Å². The molecule has 0 N–H and O–H groups in total. The lowest BCUT2D eigenvalue weighted by Crippen LogP contribution is -2.53. The summed E-state index contributed by atoms with van der Waals surface area (Å²) in [5.41, 5.74) is 1.49. The Morgan fingerprint density at radius 2 is 1.48 bits per heavy atom. The molecule has 2 aromatic carbocycles. The van der Waals surface area contributed by atoms with Gasteiger partial charge >= 0.3 is 7.60 Å². The summed E-state index contributed by atoms with van der Waals surface area (Å²) in [6.45, 7) is 9.16. The van der Waals surface area contributed by atoms with Crippen LogP contribution in [0.2, 0.25) is 0 Å². The second kappa shape index (κ2) is 8.83. The van der Waals surface area contributed by atoms with Gasteiger partial charge in [0.2, 0.25) is 5.28 Å². The summed E-state index contributed by atoms with van der Waals surface area (Å²) in [5, 5.41) is -1.13. The van der Waals surface area contributed by atoms with E-state index in [2.05, 4.69) is 30.9 Å². The van der Waals surface area contributed by atoms with Crippen molar-refractivity contribution in [2.45, 2.75) is 44.9 Å². The first-order valence-corrected chi connectivity index (χ1v) is 11.8. The largest absolute Gasteiger partial charge is 0.364 e. The molecule has 1 unspecified atom stereocenters. The summed E-state index contributed by atoms with van der Waals surface area (Å²) >= 11 is 0. The molecule has 3 rings (SSSR count). The van der Waals surface area contributed by atoms with E-state index in [4.69, 9.17) is 14.0 Å². The van der Waals surface area contributed by atoms with Gasteiger partial charge in [0.15, 0.2) is 0 Å². The lowest BCUT2D eigenvalue weighted by atomic mass is 9.87. The molecule has 5 nitrogen and oxygen atoms in total. The van der Waals surface area contributed by atoms with Crippen LogP contribution >= 0.6 is 7.60 Å². The summed E-state index contributed by atoms with van der Waals surface area (Å²) in [7, 11) is -3.61. The van der Waals surface area contributed by atoms with Gasteiger partial charge in [0.1, 0.15) is 0 Å². The molecule has 0 saturated heterocycles. The first-order chi connectivity index (χ1) is 13.9. The Hall–Kier alpha value is -1.94. The van der Waals surface area contributed by atoms with Crippen LogP contribution in [0.25, 0.3) is 0 Å². The van der Waals surface area contributed by atoms with Crippen LogP contribution in [0.4, 0.5) is 0 Å². The normalized spacial score (nSPS) is 20.9. The quantitative estimate of drug-likeness (QED) is 0.511. The van der Waals surface area contributed by atoms with Crippen LogP contribution in [0.1, 0.15) is 38.8 Å². The number of nitrogens with zero attached hydrogens (tertiary/aromatic N) is 2. The van der Waals surface area contributed by atoms with E-state index in [1.807, 2.05) is 68.7 Å². The molecule has 1 aliphatic rings. The highest BCUT2D eigenvalue weighted by Gasteiger charge is 2.65. The molecule has 6 heteroatoms. The van der Waals surface area contributed by atoms with Crippen molar-refractivity contribution in [2.75, 3.05) is 19.8 Å². The Bertz CT molecular complexity index is 860. The molecule has 1 aliphatic heterocycles. The van der Waals surface area contributed by atoms with Gasteiger partial charge in [-0.25, -0.2) is 4.99 Å². The number of hydrogen-bond acceptors (Lipinski definition) is 5. The van der Waals surface area contributed by atoms with Crippen molar-refractivity contribution in [3.8, 4) is 0 Å². The second-order valence-corrected chi connectivity index (χ2v) is 9.76. The van der Waals surface area contributed by atoms with E-state index in [9.17, 15) is 4.57 Å². The van der Waals surface area contributed by atoms with Crippen molar-refractivity contribution in [3.05, 3.63) is 71.8 Å². The van der Waals surface area contributed by atoms with Crippen LogP contribution < -0.4 is 0 Å². The van der Waals surface area contributed by atoms with Gasteiger partial charge in [0.05, 0.1) is 25.1 Å². The highest BCUT2D eigenvalue weighted by Crippen LogP contribution is 2.71. The van der Waals surface area contributed by atoms with Gasteiger partial charge in [0.25, 0.3) is 0 Å². The fourth-order valence-electron chi connectivity index (χ4n) is 4.11. The molecule has 156 valence electrons. The SMILES string of the molecule is CCOP(=O)(OCC)C1(c2ccccc2)N=CN(CCc2ccccc2)C1(C)C. The lowest BCUT2D eigenvalue weighted by molar-refractivity contribution is 0.132. The average molecular weight is 414 g/mol. The highest BCUT2D eigenvalue weighted by atomic mass is 31.2. The first kappa shape index (κ1) is 21.8. The third-order valence-corrected chi connectivity index (χ3v) is 8.52. The Kier molecular flexibility index (Phi) is 6.62. The molecule has 0 bridgehead atoms. The van der Waals surface area contributed by atoms with Crippen molar-refractivity contribution in [2.24, 2.45) is 4.99 Å². The third kappa shape index (κ3) is 3.79. The third-order valence-electron chi connectivity index (χ3n) is 5.61. The summed E-state index contributed by atoms with van der Waals surface area (Å²) in [6, 6.07) is 20.1. The van der Waals surface area contributed by atoms with Gasteiger partial charge in [-0.1, -0.05) is 60.7 Å². The maximum atomic E-state index is 14.2. The predicted molar refractivity (Wildman–Crippen MR) is 118 cm³/mol. The monoisotopic (exact) mass is 414 g/mol. The van der Waals surface area contributed by atoms with Gasteiger partial charge in [-0.05, 0) is 45.2 Å². The van der Waals surface area contributed by atoms with E-state index < -0.39 is 18.4 Å². The van der Waals surface area contributed by atoms with E-state index in [0.29, 0.717) is 13.2 Å². The molecule has 0 fully saturated rings. The van der Waals surface area contributed by atoms with Crippen molar-refractivity contribution >= 4 is 13.9 Å². The smallest absolute Gasteiger partial charge is 0.354 e. The standard InChI is InChI=1S/C23H31N2O3P/c1-5-27-29(26,28-6-2)23(21-15-11-8-12-16-21)22(3,4)25(19-24-23)18-17-20-13-9-7-10-14-20/h7-16,19H,5-6,17-18H2,1-4H3. The zero-order chi connectivity index (χ0) is 21.0. The Balaban J connectivity index is 2.03. The van der Waals surface area contributed by atoms with Gasteiger partial charge in [-0.3, -0.25) is 4.57 Å². The predicted octanol–water partition coefficient (Wildman–Crippen LogP) is 5.47. The molecule has 0 radical (unpaired) electrons. The average Bonchev–Trinajstić information content (AvgIpc) is 2.99. The van der Waals surface area contributed by atoms with Crippen LogP contribution in [0.3, 0.4) is 0 Å². The van der Waals surface area contributed by atoms with Gasteiger partial charge in [-0.15, -0.1) is 0 Å². The molecule has 0 amide bonds. The van der Waals surface area contributed by atoms with E-state index in [-0.39, 0.29) is 0 Å². The molecular formula is C23H31N2O3P. The number of aliphatic imine (C=N–C) groups is 1. The van der Waals surface area contributed by atoms with E-state index in [1.165, 1.54) is 5.56 Å². The molecular weight excluding hydrogens is 383 g/mol. The Morgan fingerprint density at radius 3 is 2.03 bits per heavy atom. The fourth-order valence-corrected chi connectivity index (χ4v) is 6.70. The van der Waals surface area contributed by atoms with Crippen LogP contribution in [-0.2, 0) is 25.3 Å². The molecule has 0 aromatic heterocycles. The number of benzene rings is 2. The Morgan fingerprint density at radius 1 is 0.931 bits per heavy atom. The second-order valence-electron chi connectivity index (χ2n) is 7.60. The topological polar surface area (TPSA) is 51.1 Å². The fraction of sp³-hybridized carbons (Fsp3) is 0.435. The van der Waals surface area contributed by atoms with Crippen LogP contribution in [-0.4, -0.2) is 36.5 Å². The van der Waals surface area contributed by atoms with Gasteiger partial charge in [0, 0.05) is 6.54 Å². The van der Waals surface area contributed by atoms with Crippen molar-refractivity contribution in [3.63, 3.8) is 0 Å². The number of hydrogen-bond donors (Lipinski definition) is 0. The summed E-state index contributed by atoms with van der Waals surface area (Å²) in [5.74, 6) is 0. The van der Waals surface area contributed by atoms with E-state index >= 15 is 0 Å². The van der Waals surface area contributed by atoms with Crippen LogP contribution in [0, 0.1) is 0 Å². The minimum atomic E-state index is -3.61. The van der Waals surface area contributed by atoms with E-state index in [0.717, 1.165) is 18.5 Å². The summed E-state index contributed by atoms with van der Waals surface area (Å²) in [4.78, 5) is 7.05. The maximum absolute atomic E-state index is 14.2. The Labute approximate surface area is 174 Å². The van der Waals surface area contributed by atoms with Crippen molar-refractivity contribution in [1.29, 1.82) is 0 Å². The number of rotatable bonds is 9. The van der Waals surface area contributed by atoms with E-state index in [1.54, 1.807) is 0 Å². The molecule has 2 aromatic rings. The highest BCUT2D eigenvalue weighted by molar-refractivity contribution is 7.55. The van der Waals surface area contributed by atoms with Gasteiger partial charge < -0.3 is 13.9 Å². The summed E-state index contributed by atoms with van der Waals surface area (Å²) in [6.07, 6.45) is 2.69. The zero-order valence-corrected chi connectivity index (χ0v) is 18.6. The maximum Gasteiger partial charge on any atom is 0.364 e. The first-order valence-electron chi connectivity index (χ1n) is 10.2. The minimum absolute atomic E-state index is 0.293.